The quantitative estimate of drug-likeness (QED) is 0.549. The van der Waals surface area contributed by atoms with E-state index in [2.05, 4.69) is 22.4 Å². The molecule has 1 aliphatic carbocycles. The third-order valence-electron chi connectivity index (χ3n) is 5.00. The van der Waals surface area contributed by atoms with Crippen LogP contribution in [0.5, 0.6) is 5.75 Å². The topological polar surface area (TPSA) is 33.7 Å². The zero-order valence-corrected chi connectivity index (χ0v) is 16.8. The van der Waals surface area contributed by atoms with E-state index >= 15 is 0 Å². The average molecular weight is 395 g/mol. The third-order valence-corrected chi connectivity index (χ3v) is 5.59. The van der Waals surface area contributed by atoms with Gasteiger partial charge < -0.3 is 19.7 Å². The number of allylic oxidation sites excluding steroid dienone is 2. The van der Waals surface area contributed by atoms with Crippen LogP contribution in [0.1, 0.15) is 32.1 Å². The van der Waals surface area contributed by atoms with Crippen LogP contribution >= 0.6 is 23.8 Å². The van der Waals surface area contributed by atoms with Crippen molar-refractivity contribution in [1.82, 2.24) is 4.90 Å². The molecule has 26 heavy (non-hydrogen) atoms. The van der Waals surface area contributed by atoms with Crippen LogP contribution in [0.25, 0.3) is 0 Å². The fraction of sp³-hybridized carbons (Fsp3) is 0.550. The Balaban J connectivity index is 1.69. The zero-order valence-electron chi connectivity index (χ0n) is 15.2. The fourth-order valence-corrected chi connectivity index (χ4v) is 3.99. The first-order valence-corrected chi connectivity index (χ1v) is 10.1. The van der Waals surface area contributed by atoms with Gasteiger partial charge >= 0.3 is 0 Å². The molecule has 0 amide bonds. The number of benzene rings is 1. The molecule has 1 aromatic carbocycles. The summed E-state index contributed by atoms with van der Waals surface area (Å²) in [6.45, 7) is 2.64. The van der Waals surface area contributed by atoms with Gasteiger partial charge in [0.25, 0.3) is 0 Å². The number of hydrogen-bond donors (Lipinski definition) is 1. The van der Waals surface area contributed by atoms with Crippen LogP contribution < -0.4 is 10.1 Å². The largest absolute Gasteiger partial charge is 0.495 e. The van der Waals surface area contributed by atoms with Crippen LogP contribution in [0, 0.1) is 5.92 Å². The van der Waals surface area contributed by atoms with E-state index in [0.717, 1.165) is 56.2 Å². The lowest BCUT2D eigenvalue weighted by Gasteiger charge is -2.32. The molecule has 3 rings (SSSR count). The van der Waals surface area contributed by atoms with Gasteiger partial charge in [-0.1, -0.05) is 23.8 Å². The van der Waals surface area contributed by atoms with E-state index in [1.54, 1.807) is 13.2 Å². The van der Waals surface area contributed by atoms with Crippen LogP contribution in [-0.4, -0.2) is 42.9 Å². The van der Waals surface area contributed by atoms with Gasteiger partial charge in [-0.25, -0.2) is 0 Å². The molecule has 0 spiro atoms. The van der Waals surface area contributed by atoms with Gasteiger partial charge in [-0.2, -0.15) is 0 Å². The second-order valence-electron chi connectivity index (χ2n) is 6.97. The van der Waals surface area contributed by atoms with Gasteiger partial charge in [-0.05, 0) is 62.4 Å². The third kappa shape index (κ3) is 5.35. The molecule has 4 nitrogen and oxygen atoms in total. The van der Waals surface area contributed by atoms with Gasteiger partial charge in [-0.15, -0.1) is 0 Å². The summed E-state index contributed by atoms with van der Waals surface area (Å²) in [4.78, 5) is 2.27. The predicted octanol–water partition coefficient (Wildman–Crippen LogP) is 4.88. The number of rotatable bonds is 6. The van der Waals surface area contributed by atoms with Crippen molar-refractivity contribution >= 4 is 34.6 Å². The van der Waals surface area contributed by atoms with Crippen molar-refractivity contribution in [1.29, 1.82) is 0 Å². The number of nitrogens with zero attached hydrogens (tertiary/aromatic N) is 1. The smallest absolute Gasteiger partial charge is 0.173 e. The molecule has 2 atom stereocenters. The highest BCUT2D eigenvalue weighted by Gasteiger charge is 2.24. The summed E-state index contributed by atoms with van der Waals surface area (Å²) in [5, 5.41) is 4.71. The Morgan fingerprint density at radius 2 is 2.23 bits per heavy atom. The Bertz CT molecular complexity index is 647. The first-order chi connectivity index (χ1) is 12.7. The van der Waals surface area contributed by atoms with E-state index in [1.165, 1.54) is 6.42 Å². The second kappa shape index (κ2) is 9.58. The Morgan fingerprint density at radius 1 is 1.35 bits per heavy atom. The average Bonchev–Trinajstić information content (AvgIpc) is 3.16. The number of thiocarbonyl (C=S) groups is 1. The van der Waals surface area contributed by atoms with Crippen molar-refractivity contribution in [3.63, 3.8) is 0 Å². The molecule has 1 heterocycles. The van der Waals surface area contributed by atoms with Gasteiger partial charge in [0, 0.05) is 30.8 Å². The Labute approximate surface area is 166 Å². The number of hydrogen-bond acceptors (Lipinski definition) is 3. The molecular formula is C20H27ClN2O2S. The van der Waals surface area contributed by atoms with Crippen LogP contribution in [0.15, 0.2) is 30.4 Å². The maximum Gasteiger partial charge on any atom is 0.173 e. The van der Waals surface area contributed by atoms with Crippen molar-refractivity contribution in [2.75, 3.05) is 32.1 Å². The molecule has 142 valence electrons. The summed E-state index contributed by atoms with van der Waals surface area (Å²) < 4.78 is 11.3. The molecule has 1 aliphatic heterocycles. The molecule has 1 aromatic rings. The summed E-state index contributed by atoms with van der Waals surface area (Å²) in [6.07, 6.45) is 10.6. The molecule has 0 saturated carbocycles. The van der Waals surface area contributed by atoms with E-state index in [4.69, 9.17) is 33.3 Å². The Kier molecular flexibility index (Phi) is 7.17. The van der Waals surface area contributed by atoms with E-state index in [0.29, 0.717) is 16.7 Å². The molecule has 2 aliphatic rings. The summed E-state index contributed by atoms with van der Waals surface area (Å²) in [5.74, 6) is 1.32. The first-order valence-electron chi connectivity index (χ1n) is 9.32. The minimum absolute atomic E-state index is 0.265. The highest BCUT2D eigenvalue weighted by Crippen LogP contribution is 2.29. The monoisotopic (exact) mass is 394 g/mol. The number of nitrogens with one attached hydrogen (secondary N) is 1. The zero-order chi connectivity index (χ0) is 18.4. The predicted molar refractivity (Wildman–Crippen MR) is 111 cm³/mol. The first kappa shape index (κ1) is 19.5. The molecule has 1 N–H and O–H groups in total. The molecule has 0 aromatic heterocycles. The lowest BCUT2D eigenvalue weighted by Crippen LogP contribution is -2.43. The summed E-state index contributed by atoms with van der Waals surface area (Å²) in [7, 11) is 1.64. The molecular weight excluding hydrogens is 368 g/mol. The number of ether oxygens (including phenoxy) is 2. The van der Waals surface area contributed by atoms with E-state index < -0.39 is 0 Å². The summed E-state index contributed by atoms with van der Waals surface area (Å²) in [5.41, 5.74) is 0.836. The van der Waals surface area contributed by atoms with E-state index in [1.807, 2.05) is 12.1 Å². The highest BCUT2D eigenvalue weighted by atomic mass is 35.5. The van der Waals surface area contributed by atoms with E-state index in [9.17, 15) is 0 Å². The minimum Gasteiger partial charge on any atom is -0.495 e. The van der Waals surface area contributed by atoms with Gasteiger partial charge in [-0.3, -0.25) is 0 Å². The minimum atomic E-state index is 0.265. The SMILES string of the molecule is COc1cc(Cl)ccc1NC(=S)N(CC1CC=CCC1)CC1CCCO1. The maximum atomic E-state index is 6.06. The normalized spacial score (nSPS) is 22.2. The highest BCUT2D eigenvalue weighted by molar-refractivity contribution is 7.80. The van der Waals surface area contributed by atoms with Gasteiger partial charge in [0.15, 0.2) is 5.11 Å². The summed E-state index contributed by atoms with van der Waals surface area (Å²) in [6, 6.07) is 5.54. The van der Waals surface area contributed by atoms with Gasteiger partial charge in [0.05, 0.1) is 18.9 Å². The molecule has 1 fully saturated rings. The van der Waals surface area contributed by atoms with Crippen LogP contribution in [0.4, 0.5) is 5.69 Å². The molecule has 0 bridgehead atoms. The summed E-state index contributed by atoms with van der Waals surface area (Å²) >= 11 is 11.8. The van der Waals surface area contributed by atoms with Crippen LogP contribution in [0.2, 0.25) is 5.02 Å². The fourth-order valence-electron chi connectivity index (χ4n) is 3.57. The molecule has 6 heteroatoms. The lowest BCUT2D eigenvalue weighted by molar-refractivity contribution is 0.0882. The van der Waals surface area contributed by atoms with Crippen molar-refractivity contribution in [2.24, 2.45) is 5.92 Å². The van der Waals surface area contributed by atoms with Crippen molar-refractivity contribution in [3.05, 3.63) is 35.4 Å². The second-order valence-corrected chi connectivity index (χ2v) is 7.79. The number of methoxy groups -OCH3 is 1. The van der Waals surface area contributed by atoms with E-state index in [-0.39, 0.29) is 6.10 Å². The van der Waals surface area contributed by atoms with Crippen molar-refractivity contribution < 1.29 is 9.47 Å². The van der Waals surface area contributed by atoms with Crippen molar-refractivity contribution in [3.8, 4) is 5.75 Å². The Morgan fingerprint density at radius 3 is 2.92 bits per heavy atom. The maximum absolute atomic E-state index is 6.06. The standard InChI is InChI=1S/C20H27ClN2O2S/c1-24-19-12-16(21)9-10-18(19)22-20(26)23(14-17-8-5-11-25-17)13-15-6-3-2-4-7-15/h2-3,9-10,12,15,17H,4-8,11,13-14H2,1H3,(H,22,26). The van der Waals surface area contributed by atoms with Crippen LogP contribution in [0.3, 0.4) is 0 Å². The lowest BCUT2D eigenvalue weighted by atomic mass is 9.94. The number of anilines is 1. The number of halogens is 1. The van der Waals surface area contributed by atoms with Crippen molar-refractivity contribution in [2.45, 2.75) is 38.2 Å². The molecule has 1 saturated heterocycles. The van der Waals surface area contributed by atoms with Crippen LogP contribution in [-0.2, 0) is 4.74 Å². The van der Waals surface area contributed by atoms with Gasteiger partial charge in [0.2, 0.25) is 0 Å². The Hall–Kier alpha value is -1.30. The molecule has 0 radical (unpaired) electrons. The van der Waals surface area contributed by atoms with Gasteiger partial charge in [0.1, 0.15) is 5.75 Å². The molecule has 2 unspecified atom stereocenters.